The number of amides is 2. The lowest BCUT2D eigenvalue weighted by atomic mass is 9.85. The number of hydrogen-bond acceptors (Lipinski definition) is 6. The fraction of sp³-hybridized carbons (Fsp3) is 0.394. The van der Waals surface area contributed by atoms with E-state index in [4.69, 9.17) is 12.6 Å². The second kappa shape index (κ2) is 10.8. The second-order valence-corrected chi connectivity index (χ2v) is 12.3. The van der Waals surface area contributed by atoms with Gasteiger partial charge in [-0.2, -0.15) is 12.6 Å². The maximum absolute atomic E-state index is 12.5. The molecule has 0 aliphatic carbocycles. The maximum Gasteiger partial charge on any atom is 0.243 e. The Morgan fingerprint density at radius 3 is 2.20 bits per heavy atom. The largest absolute Gasteiger partial charge is 0.295 e. The minimum Gasteiger partial charge on any atom is -0.295 e. The van der Waals surface area contributed by atoms with Gasteiger partial charge in [-0.15, -0.1) is 0 Å². The number of nitrogens with one attached hydrogen (secondary N) is 1. The highest BCUT2D eigenvalue weighted by Gasteiger charge is 2.43. The van der Waals surface area contributed by atoms with E-state index in [0.29, 0.717) is 31.5 Å². The van der Waals surface area contributed by atoms with E-state index in [1.165, 1.54) is 40.7 Å². The van der Waals surface area contributed by atoms with Crippen molar-refractivity contribution >= 4 is 24.4 Å². The van der Waals surface area contributed by atoms with E-state index in [1.807, 2.05) is 0 Å². The molecule has 4 atom stereocenters. The van der Waals surface area contributed by atoms with Crippen LogP contribution >= 0.6 is 12.6 Å². The fourth-order valence-corrected chi connectivity index (χ4v) is 7.89. The van der Waals surface area contributed by atoms with Crippen molar-refractivity contribution in [2.75, 3.05) is 13.1 Å². The minimum atomic E-state index is -0.304. The molecule has 3 aromatic carbocycles. The van der Waals surface area contributed by atoms with E-state index in [9.17, 15) is 9.59 Å². The summed E-state index contributed by atoms with van der Waals surface area (Å²) in [4.78, 5) is 31.7. The van der Waals surface area contributed by atoms with Gasteiger partial charge in [0.25, 0.3) is 0 Å². The molecule has 8 rings (SSSR count). The monoisotopic (exact) mass is 552 g/mol. The highest BCUT2D eigenvalue weighted by Crippen LogP contribution is 2.41. The number of carbonyl (C=O) groups is 2. The molecular formula is C33H36N4O2S. The van der Waals surface area contributed by atoms with Crippen LogP contribution in [0.2, 0.25) is 0 Å². The molecule has 0 saturated carbocycles. The predicted octanol–water partition coefficient (Wildman–Crippen LogP) is 4.67. The van der Waals surface area contributed by atoms with Gasteiger partial charge in [-0.1, -0.05) is 78.9 Å². The molecule has 1 N–H and O–H groups in total. The molecule has 40 heavy (non-hydrogen) atoms. The van der Waals surface area contributed by atoms with Gasteiger partial charge in [0.05, 0.1) is 17.5 Å². The number of nitrogens with zero attached hydrogens (tertiary/aromatic N) is 3. The number of thiol groups is 1. The smallest absolute Gasteiger partial charge is 0.243 e. The van der Waals surface area contributed by atoms with Gasteiger partial charge in [-0.25, -0.2) is 0 Å². The first-order chi connectivity index (χ1) is 19.5. The zero-order valence-corrected chi connectivity index (χ0v) is 23.5. The van der Waals surface area contributed by atoms with Crippen LogP contribution in [0.5, 0.6) is 0 Å². The van der Waals surface area contributed by atoms with Gasteiger partial charge in [0.2, 0.25) is 11.8 Å². The third-order valence-electron chi connectivity index (χ3n) is 9.40. The molecule has 5 aliphatic rings. The maximum atomic E-state index is 12.5. The predicted molar refractivity (Wildman–Crippen MR) is 159 cm³/mol. The molecule has 5 aliphatic heterocycles. The fourth-order valence-electron chi connectivity index (χ4n) is 7.41. The minimum absolute atomic E-state index is 0.135. The Labute approximate surface area is 241 Å². The molecule has 7 heteroatoms. The van der Waals surface area contributed by atoms with Crippen molar-refractivity contribution in [1.29, 1.82) is 0 Å². The van der Waals surface area contributed by atoms with Crippen LogP contribution in [0.4, 0.5) is 0 Å². The zero-order chi connectivity index (χ0) is 27.2. The van der Waals surface area contributed by atoms with Gasteiger partial charge >= 0.3 is 0 Å². The number of piperazine rings is 1. The van der Waals surface area contributed by atoms with Gasteiger partial charge in [-0.3, -0.25) is 29.6 Å². The number of fused-ring (bicyclic) bond motifs is 4. The van der Waals surface area contributed by atoms with Gasteiger partial charge in [0, 0.05) is 44.7 Å². The molecule has 4 saturated heterocycles. The first-order valence-electron chi connectivity index (χ1n) is 14.5. The SMILES string of the molecule is O=C1CCC(N2Cc3ccc(CN4CC5CCC4CN5C(c4ccccc4)c4ccccc4)cc3C2S)C(=O)N1. The van der Waals surface area contributed by atoms with Crippen molar-refractivity contribution in [3.8, 4) is 0 Å². The van der Waals surface area contributed by atoms with Gasteiger partial charge in [-0.05, 0) is 47.1 Å². The van der Waals surface area contributed by atoms with E-state index in [-0.39, 0.29) is 29.3 Å². The second-order valence-electron chi connectivity index (χ2n) is 11.8. The molecule has 3 aromatic rings. The van der Waals surface area contributed by atoms with Crippen LogP contribution in [0, 0.1) is 0 Å². The molecule has 6 nitrogen and oxygen atoms in total. The highest BCUT2D eigenvalue weighted by atomic mass is 32.1. The first kappa shape index (κ1) is 26.0. The Morgan fingerprint density at radius 2 is 1.55 bits per heavy atom. The Bertz CT molecular complexity index is 1360. The molecular weight excluding hydrogens is 516 g/mol. The van der Waals surface area contributed by atoms with Crippen LogP contribution < -0.4 is 5.32 Å². The molecule has 0 radical (unpaired) electrons. The average Bonchev–Trinajstić information content (AvgIpc) is 3.30. The van der Waals surface area contributed by atoms with Crippen LogP contribution in [0.15, 0.2) is 78.9 Å². The molecule has 2 bridgehead atoms. The third kappa shape index (κ3) is 4.79. The standard InChI is InChI=1S/C33H36N4O2S/c38-30-16-15-29(32(39)34-30)37-19-25-12-11-22(17-28(25)33(37)40)18-35-20-27-14-13-26(35)21-36(27)31(23-7-3-1-4-8-23)24-9-5-2-6-10-24/h1-12,17,26-27,29,31,33,40H,13-16,18-21H2,(H,34,38,39). The lowest BCUT2D eigenvalue weighted by Crippen LogP contribution is -2.62. The number of imide groups is 1. The summed E-state index contributed by atoms with van der Waals surface area (Å²) < 4.78 is 0. The van der Waals surface area contributed by atoms with E-state index < -0.39 is 0 Å². The van der Waals surface area contributed by atoms with Crippen LogP contribution in [-0.4, -0.2) is 57.7 Å². The molecule has 0 spiro atoms. The van der Waals surface area contributed by atoms with E-state index in [2.05, 4.69) is 98.9 Å². The Morgan fingerprint density at radius 1 is 0.850 bits per heavy atom. The number of rotatable bonds is 6. The number of piperidine rings is 3. The Hall–Kier alpha value is -2.97. The Kier molecular flexibility index (Phi) is 7.00. The van der Waals surface area contributed by atoms with Crippen LogP contribution in [0.1, 0.15) is 64.9 Å². The normalized spacial score (nSPS) is 27.2. The van der Waals surface area contributed by atoms with Gasteiger partial charge < -0.3 is 0 Å². The summed E-state index contributed by atoms with van der Waals surface area (Å²) in [5, 5.41) is 2.37. The van der Waals surface area contributed by atoms with Gasteiger partial charge in [0.1, 0.15) is 0 Å². The van der Waals surface area contributed by atoms with Crippen LogP contribution in [0.25, 0.3) is 0 Å². The molecule has 4 unspecified atom stereocenters. The van der Waals surface area contributed by atoms with Crippen molar-refractivity contribution in [2.24, 2.45) is 0 Å². The summed E-state index contributed by atoms with van der Waals surface area (Å²) in [6.45, 7) is 3.77. The number of hydrogen-bond donors (Lipinski definition) is 2. The van der Waals surface area contributed by atoms with Crippen molar-refractivity contribution in [3.05, 3.63) is 107 Å². The molecule has 0 aromatic heterocycles. The first-order valence-corrected chi connectivity index (χ1v) is 15.1. The zero-order valence-electron chi connectivity index (χ0n) is 22.7. The summed E-state index contributed by atoms with van der Waals surface area (Å²) in [5.41, 5.74) is 6.47. The van der Waals surface area contributed by atoms with E-state index >= 15 is 0 Å². The molecule has 2 amide bonds. The lowest BCUT2D eigenvalue weighted by Gasteiger charge is -2.54. The highest BCUT2D eigenvalue weighted by molar-refractivity contribution is 7.80. The molecule has 4 fully saturated rings. The quantitative estimate of drug-likeness (QED) is 0.344. The molecule has 5 heterocycles. The summed E-state index contributed by atoms with van der Waals surface area (Å²) in [6, 6.07) is 29.7. The lowest BCUT2D eigenvalue weighted by molar-refractivity contribution is -0.137. The van der Waals surface area contributed by atoms with Crippen LogP contribution in [0.3, 0.4) is 0 Å². The third-order valence-corrected chi connectivity index (χ3v) is 9.97. The van der Waals surface area contributed by atoms with Gasteiger partial charge in [0.15, 0.2) is 0 Å². The summed E-state index contributed by atoms with van der Waals surface area (Å²) in [6.07, 6.45) is 3.42. The number of benzene rings is 3. The average molecular weight is 553 g/mol. The summed E-state index contributed by atoms with van der Waals surface area (Å²) >= 11 is 4.94. The van der Waals surface area contributed by atoms with Crippen molar-refractivity contribution in [3.63, 3.8) is 0 Å². The topological polar surface area (TPSA) is 55.9 Å². The van der Waals surface area contributed by atoms with Crippen molar-refractivity contribution in [1.82, 2.24) is 20.0 Å². The molecule has 206 valence electrons. The van der Waals surface area contributed by atoms with E-state index in [0.717, 1.165) is 19.6 Å². The summed E-state index contributed by atoms with van der Waals surface area (Å²) in [7, 11) is 0. The van der Waals surface area contributed by atoms with Crippen molar-refractivity contribution < 1.29 is 9.59 Å². The summed E-state index contributed by atoms with van der Waals surface area (Å²) in [5.74, 6) is -0.370. The van der Waals surface area contributed by atoms with E-state index in [1.54, 1.807) is 0 Å². The van der Waals surface area contributed by atoms with Crippen molar-refractivity contribution in [2.45, 2.75) is 68.3 Å². The van der Waals surface area contributed by atoms with Crippen LogP contribution in [-0.2, 0) is 22.7 Å². The number of carbonyl (C=O) groups excluding carboxylic acids is 2. The Balaban J connectivity index is 1.07.